The minimum Gasteiger partial charge on any atom is -0.465 e. The zero-order chi connectivity index (χ0) is 19.4. The molecular formula is C18H15N3O5S. The second-order valence-corrected chi connectivity index (χ2v) is 6.67. The van der Waals surface area contributed by atoms with E-state index in [2.05, 4.69) is 10.6 Å². The summed E-state index contributed by atoms with van der Waals surface area (Å²) in [5.41, 5.74) is 2.55. The molecule has 0 aliphatic rings. The number of benzene rings is 2. The summed E-state index contributed by atoms with van der Waals surface area (Å²) in [7, 11) is 0. The van der Waals surface area contributed by atoms with Gasteiger partial charge in [0.15, 0.2) is 0 Å². The monoisotopic (exact) mass is 385 g/mol. The van der Waals surface area contributed by atoms with Crippen molar-refractivity contribution in [1.82, 2.24) is 10.8 Å². The highest BCUT2D eigenvalue weighted by Crippen LogP contribution is 2.28. The van der Waals surface area contributed by atoms with Gasteiger partial charge in [-0.25, -0.2) is 10.3 Å². The molecule has 9 heteroatoms. The lowest BCUT2D eigenvalue weighted by Gasteiger charge is -2.17. The van der Waals surface area contributed by atoms with Crippen molar-refractivity contribution in [1.29, 1.82) is 0 Å². The number of nitrogens with one attached hydrogen (secondary N) is 3. The molecule has 1 heterocycles. The number of thiophene rings is 1. The third-order valence-electron chi connectivity index (χ3n) is 3.78. The summed E-state index contributed by atoms with van der Waals surface area (Å²) >= 11 is 1.15. The summed E-state index contributed by atoms with van der Waals surface area (Å²) in [5.74, 6) is -1.15. The number of hydroxylamine groups is 1. The molecule has 3 rings (SSSR count). The van der Waals surface area contributed by atoms with Gasteiger partial charge in [-0.1, -0.05) is 36.4 Å². The highest BCUT2D eigenvalue weighted by Gasteiger charge is 2.22. The van der Waals surface area contributed by atoms with E-state index in [-0.39, 0.29) is 0 Å². The van der Waals surface area contributed by atoms with Crippen molar-refractivity contribution in [2.45, 2.75) is 6.04 Å². The number of fused-ring (bicyclic) bond motifs is 1. The number of anilines is 1. The van der Waals surface area contributed by atoms with Gasteiger partial charge in [-0.15, -0.1) is 11.3 Å². The van der Waals surface area contributed by atoms with Crippen molar-refractivity contribution in [2.75, 3.05) is 5.32 Å². The molecule has 1 aromatic heterocycles. The third kappa shape index (κ3) is 4.22. The Morgan fingerprint density at radius 2 is 1.74 bits per heavy atom. The molecule has 8 nitrogen and oxygen atoms in total. The second kappa shape index (κ2) is 7.85. The number of amides is 3. The highest BCUT2D eigenvalue weighted by molar-refractivity contribution is 7.20. The maximum absolute atomic E-state index is 12.6. The fraction of sp³-hybridized carbons (Fsp3) is 0.0556. The Morgan fingerprint density at radius 3 is 2.41 bits per heavy atom. The second-order valence-electron chi connectivity index (χ2n) is 5.59. The zero-order valence-electron chi connectivity index (χ0n) is 13.8. The van der Waals surface area contributed by atoms with Gasteiger partial charge in [0.05, 0.1) is 4.88 Å². The lowest BCUT2D eigenvalue weighted by Crippen LogP contribution is -2.36. The number of hydrogen-bond donors (Lipinski definition) is 5. The highest BCUT2D eigenvalue weighted by atomic mass is 32.1. The van der Waals surface area contributed by atoms with Gasteiger partial charge in [0.1, 0.15) is 6.04 Å². The molecule has 0 spiro atoms. The van der Waals surface area contributed by atoms with Gasteiger partial charge in [0, 0.05) is 10.4 Å². The molecule has 138 valence electrons. The Bertz CT molecular complexity index is 1000. The first-order chi connectivity index (χ1) is 13.0. The number of carbonyl (C=O) groups is 3. The van der Waals surface area contributed by atoms with E-state index in [1.165, 1.54) is 0 Å². The zero-order valence-corrected chi connectivity index (χ0v) is 14.6. The molecular weight excluding hydrogens is 370 g/mol. The van der Waals surface area contributed by atoms with Crippen LogP contribution in [0.2, 0.25) is 0 Å². The Morgan fingerprint density at radius 1 is 1.00 bits per heavy atom. The van der Waals surface area contributed by atoms with Crippen LogP contribution in [0.4, 0.5) is 10.5 Å². The van der Waals surface area contributed by atoms with Crippen LogP contribution in [0.1, 0.15) is 21.3 Å². The molecule has 2 aromatic carbocycles. The van der Waals surface area contributed by atoms with E-state index in [1.807, 2.05) is 0 Å². The van der Waals surface area contributed by atoms with Crippen LogP contribution in [0, 0.1) is 0 Å². The van der Waals surface area contributed by atoms with Gasteiger partial charge in [-0.05, 0) is 29.1 Å². The van der Waals surface area contributed by atoms with E-state index in [1.54, 1.807) is 60.1 Å². The largest absolute Gasteiger partial charge is 0.465 e. The van der Waals surface area contributed by atoms with E-state index < -0.39 is 23.9 Å². The summed E-state index contributed by atoms with van der Waals surface area (Å²) in [4.78, 5) is 35.5. The average Bonchev–Trinajstić information content (AvgIpc) is 3.09. The molecule has 0 saturated carbocycles. The summed E-state index contributed by atoms with van der Waals surface area (Å²) in [6.07, 6.45) is -1.31. The topological polar surface area (TPSA) is 128 Å². The number of rotatable bonds is 5. The van der Waals surface area contributed by atoms with E-state index in [4.69, 9.17) is 10.3 Å². The molecule has 1 atom stereocenters. The smallest absolute Gasteiger partial charge is 0.405 e. The third-order valence-corrected chi connectivity index (χ3v) is 4.87. The number of hydrogen-bond acceptors (Lipinski definition) is 5. The van der Waals surface area contributed by atoms with Gasteiger partial charge in [-0.2, -0.15) is 0 Å². The summed E-state index contributed by atoms with van der Waals surface area (Å²) in [6.45, 7) is 0. The van der Waals surface area contributed by atoms with E-state index in [0.29, 0.717) is 16.1 Å². The first kappa shape index (κ1) is 18.4. The molecule has 0 aliphatic carbocycles. The summed E-state index contributed by atoms with van der Waals surface area (Å²) in [6, 6.07) is 14.1. The van der Waals surface area contributed by atoms with Crippen LogP contribution < -0.4 is 16.1 Å². The van der Waals surface area contributed by atoms with E-state index >= 15 is 0 Å². The molecule has 0 unspecified atom stereocenters. The molecule has 5 N–H and O–H groups in total. The maximum atomic E-state index is 12.6. The van der Waals surface area contributed by atoms with Gasteiger partial charge in [0.25, 0.3) is 11.8 Å². The fourth-order valence-electron chi connectivity index (χ4n) is 2.56. The molecule has 0 fully saturated rings. The van der Waals surface area contributed by atoms with Crippen LogP contribution >= 0.6 is 11.3 Å². The minimum absolute atomic E-state index is 0.325. The van der Waals surface area contributed by atoms with Gasteiger partial charge in [-0.3, -0.25) is 14.8 Å². The van der Waals surface area contributed by atoms with Crippen LogP contribution in [0.25, 0.3) is 10.1 Å². The van der Waals surface area contributed by atoms with Crippen LogP contribution in [0.15, 0.2) is 54.6 Å². The Balaban J connectivity index is 1.84. The molecule has 3 amide bonds. The number of carbonyl (C=O) groups excluding carboxylic acids is 2. The normalized spacial score (nSPS) is 11.6. The maximum Gasteiger partial charge on any atom is 0.405 e. The first-order valence-corrected chi connectivity index (χ1v) is 8.63. The molecule has 27 heavy (non-hydrogen) atoms. The quantitative estimate of drug-likeness (QED) is 0.341. The first-order valence-electron chi connectivity index (χ1n) is 7.81. The Kier molecular flexibility index (Phi) is 5.34. The Hall–Kier alpha value is -3.43. The molecule has 0 radical (unpaired) electrons. The molecule has 0 bridgehead atoms. The van der Waals surface area contributed by atoms with Crippen molar-refractivity contribution in [3.05, 3.63) is 65.0 Å². The van der Waals surface area contributed by atoms with Crippen molar-refractivity contribution < 1.29 is 24.7 Å². The number of carboxylic acid groups (broad SMARTS) is 1. The van der Waals surface area contributed by atoms with Crippen molar-refractivity contribution in [3.8, 4) is 0 Å². The summed E-state index contributed by atoms with van der Waals surface area (Å²) < 4.78 is 0.730. The predicted molar refractivity (Wildman–Crippen MR) is 100 cm³/mol. The van der Waals surface area contributed by atoms with E-state index in [0.717, 1.165) is 21.4 Å². The fourth-order valence-corrected chi connectivity index (χ4v) is 3.55. The Labute approximate surface area is 157 Å². The van der Waals surface area contributed by atoms with Crippen LogP contribution in [0.3, 0.4) is 0 Å². The average molecular weight is 385 g/mol. The summed E-state index contributed by atoms with van der Waals surface area (Å²) in [5, 5.41) is 23.4. The molecule has 0 saturated heterocycles. The van der Waals surface area contributed by atoms with Crippen LogP contribution in [-0.2, 0) is 4.79 Å². The van der Waals surface area contributed by atoms with E-state index in [9.17, 15) is 14.4 Å². The van der Waals surface area contributed by atoms with Gasteiger partial charge >= 0.3 is 6.09 Å². The molecule has 0 aliphatic heterocycles. The van der Waals surface area contributed by atoms with Gasteiger partial charge in [0.2, 0.25) is 0 Å². The molecule has 3 aromatic rings. The van der Waals surface area contributed by atoms with Crippen LogP contribution in [0.5, 0.6) is 0 Å². The van der Waals surface area contributed by atoms with Gasteiger partial charge < -0.3 is 15.7 Å². The van der Waals surface area contributed by atoms with Crippen molar-refractivity contribution in [3.63, 3.8) is 0 Å². The van der Waals surface area contributed by atoms with Crippen LogP contribution in [-0.4, -0.2) is 28.2 Å². The lowest BCUT2D eigenvalue weighted by molar-refractivity contribution is -0.118. The predicted octanol–water partition coefficient (Wildman–Crippen LogP) is 2.97. The van der Waals surface area contributed by atoms with Crippen molar-refractivity contribution in [2.24, 2.45) is 0 Å². The SMILES string of the molecule is O=C(O)N[C@@H](C(=O)Nc1ccc2cc(C(=O)NO)sc2c1)c1ccccc1. The standard InChI is InChI=1S/C18H15N3O5S/c22-16(21-26)14-8-11-6-7-12(9-13(11)27-14)19-17(23)15(20-18(24)25)10-4-2-1-3-5-10/h1-9,15,20,26H,(H,19,23)(H,21,22)(H,24,25)/t15-/m1/s1. The van der Waals surface area contributed by atoms with Crippen molar-refractivity contribution >= 4 is 45.0 Å². The lowest BCUT2D eigenvalue weighted by atomic mass is 10.1. The minimum atomic E-state index is -1.31.